The maximum Gasteiger partial charge on any atom is 0.0548 e. The third-order valence-corrected chi connectivity index (χ3v) is 24.1. The van der Waals surface area contributed by atoms with E-state index in [-0.39, 0.29) is 10.8 Å². The minimum absolute atomic E-state index is 0.0686. The molecule has 0 amide bonds. The van der Waals surface area contributed by atoms with Gasteiger partial charge in [0.05, 0.1) is 33.1 Å². The molecule has 5 nitrogen and oxygen atoms in total. The van der Waals surface area contributed by atoms with Gasteiger partial charge in [0.1, 0.15) is 0 Å². The Morgan fingerprint density at radius 2 is 0.619 bits per heavy atom. The van der Waals surface area contributed by atoms with E-state index in [1.54, 1.807) is 0 Å². The maximum atomic E-state index is 3.66. The molecule has 0 N–H and O–H groups in total. The van der Waals surface area contributed by atoms with Gasteiger partial charge < -0.3 is 23.2 Å². The predicted molar refractivity (Wildman–Crippen MR) is 479 cm³/mol. The van der Waals surface area contributed by atoms with Gasteiger partial charge in [-0.1, -0.05) is 286 Å². The van der Waals surface area contributed by atoms with Gasteiger partial charge in [-0.05, 0) is 230 Å². The predicted octanol–water partition coefficient (Wildman–Crippen LogP) is 28.9. The molecule has 6 heteroatoms. The molecule has 0 radical (unpaired) electrons. The molecule has 2 aliphatic carbocycles. The van der Waals surface area contributed by atoms with Crippen molar-refractivity contribution in [3.05, 3.63) is 438 Å². The van der Waals surface area contributed by atoms with Gasteiger partial charge in [-0.15, -0.1) is 0 Å². The molecule has 0 atom stereocenters. The number of hydrogen-bond acceptors (Lipinski definition) is 1. The highest BCUT2D eigenvalue weighted by molar-refractivity contribution is 9.10. The molecule has 20 aromatic rings. The molecule has 0 bridgehead atoms. The summed E-state index contributed by atoms with van der Waals surface area (Å²) in [5.74, 6) is 0. The summed E-state index contributed by atoms with van der Waals surface area (Å²) in [5, 5.41) is 7.39. The van der Waals surface area contributed by atoms with Crippen LogP contribution >= 0.6 is 15.9 Å². The van der Waals surface area contributed by atoms with Crippen molar-refractivity contribution in [2.75, 3.05) is 4.90 Å². The molecular formula is C107H80BrN5. The fraction of sp³-hybridized carbons (Fsp3) is 0.0654. The Kier molecular flexibility index (Phi) is 17.1. The SMILES string of the molecule is Brc1ccc2c(c1)c1cc3c(ccn3-c3ccccc3)cc1n2-c1ccccc1.CC1(C)c2ccccc2-c2ccc(Cc3ccc(-c4ccccc4)cc3)cc21.CC1(C)c2ccccc2-c2ccc(N(c3ccc(-c4ccccc4)cc3)c3ccc4c(c3)c3cc5c(ccn5-c5ccccc5)cc3n4-c3ccccc3)cc21. The minimum atomic E-state index is -0.114. The summed E-state index contributed by atoms with van der Waals surface area (Å²) in [6, 6.07) is 141. The summed E-state index contributed by atoms with van der Waals surface area (Å²) < 4.78 is 10.4. The third-order valence-electron chi connectivity index (χ3n) is 23.6. The molecule has 0 aliphatic heterocycles. The highest BCUT2D eigenvalue weighted by Crippen LogP contribution is 2.53. The smallest absolute Gasteiger partial charge is 0.0548 e. The number of halogens is 1. The van der Waals surface area contributed by atoms with E-state index >= 15 is 0 Å². The minimum Gasteiger partial charge on any atom is -0.317 e. The number of rotatable bonds is 11. The van der Waals surface area contributed by atoms with Crippen LogP contribution in [-0.4, -0.2) is 18.3 Å². The lowest BCUT2D eigenvalue weighted by Gasteiger charge is -2.28. The molecule has 0 saturated heterocycles. The number of para-hydroxylation sites is 4. The highest BCUT2D eigenvalue weighted by atomic mass is 79.9. The lowest BCUT2D eigenvalue weighted by Crippen LogP contribution is -2.16. The monoisotopic (exact) mass is 1510 g/mol. The number of nitrogens with zero attached hydrogens (tertiary/aromatic N) is 5. The van der Waals surface area contributed by atoms with E-state index in [1.165, 1.54) is 155 Å². The van der Waals surface area contributed by atoms with E-state index < -0.39 is 0 Å². The number of aromatic nitrogens is 4. The van der Waals surface area contributed by atoms with Crippen LogP contribution in [0.4, 0.5) is 17.1 Å². The molecule has 0 fully saturated rings. The van der Waals surface area contributed by atoms with Gasteiger partial charge in [0.2, 0.25) is 0 Å². The fourth-order valence-corrected chi connectivity index (χ4v) is 18.3. The van der Waals surface area contributed by atoms with Gasteiger partial charge in [-0.25, -0.2) is 0 Å². The normalized spacial score (nSPS) is 12.8. The van der Waals surface area contributed by atoms with Gasteiger partial charge in [-0.2, -0.15) is 0 Å². The van der Waals surface area contributed by atoms with Crippen molar-refractivity contribution in [1.82, 2.24) is 18.3 Å². The molecule has 4 aromatic heterocycles. The summed E-state index contributed by atoms with van der Waals surface area (Å²) in [6.07, 6.45) is 5.31. The molecule has 2 aliphatic rings. The largest absolute Gasteiger partial charge is 0.317 e. The van der Waals surface area contributed by atoms with Crippen molar-refractivity contribution >= 4 is 98.4 Å². The maximum absolute atomic E-state index is 3.66. The van der Waals surface area contributed by atoms with Crippen LogP contribution in [0, 0.1) is 0 Å². The van der Waals surface area contributed by atoms with Crippen molar-refractivity contribution in [1.29, 1.82) is 0 Å². The second kappa shape index (κ2) is 28.1. The van der Waals surface area contributed by atoms with E-state index in [1.807, 2.05) is 0 Å². The lowest BCUT2D eigenvalue weighted by molar-refractivity contribution is 0.659. The third kappa shape index (κ3) is 12.2. The second-order valence-corrected chi connectivity index (χ2v) is 32.0. The lowest BCUT2D eigenvalue weighted by atomic mass is 9.81. The zero-order valence-corrected chi connectivity index (χ0v) is 65.0. The number of anilines is 3. The van der Waals surface area contributed by atoms with Gasteiger partial charge >= 0.3 is 0 Å². The van der Waals surface area contributed by atoms with Crippen molar-refractivity contribution in [2.24, 2.45) is 0 Å². The highest BCUT2D eigenvalue weighted by Gasteiger charge is 2.37. The second-order valence-electron chi connectivity index (χ2n) is 31.0. The van der Waals surface area contributed by atoms with Crippen LogP contribution in [0.1, 0.15) is 61.1 Å². The summed E-state index contributed by atoms with van der Waals surface area (Å²) >= 11 is 3.66. The van der Waals surface area contributed by atoms with Crippen molar-refractivity contribution in [3.63, 3.8) is 0 Å². The van der Waals surface area contributed by atoms with Crippen LogP contribution in [0.2, 0.25) is 0 Å². The molecule has 0 spiro atoms. The van der Waals surface area contributed by atoms with Crippen molar-refractivity contribution in [3.8, 4) is 67.3 Å². The molecule has 540 valence electrons. The fourth-order valence-electron chi connectivity index (χ4n) is 18.0. The van der Waals surface area contributed by atoms with E-state index in [2.05, 4.69) is 467 Å². The van der Waals surface area contributed by atoms with E-state index in [0.717, 1.165) is 39.3 Å². The van der Waals surface area contributed by atoms with Crippen LogP contribution in [-0.2, 0) is 17.3 Å². The molecule has 22 rings (SSSR count). The number of hydrogen-bond donors (Lipinski definition) is 0. The van der Waals surface area contributed by atoms with E-state index in [4.69, 9.17) is 0 Å². The van der Waals surface area contributed by atoms with Crippen LogP contribution in [0.5, 0.6) is 0 Å². The zero-order chi connectivity index (χ0) is 75.9. The van der Waals surface area contributed by atoms with Crippen LogP contribution in [0.3, 0.4) is 0 Å². The first-order valence-electron chi connectivity index (χ1n) is 39.1. The van der Waals surface area contributed by atoms with Crippen LogP contribution < -0.4 is 4.90 Å². The van der Waals surface area contributed by atoms with Crippen molar-refractivity contribution < 1.29 is 0 Å². The van der Waals surface area contributed by atoms with Gasteiger partial charge in [-0.3, -0.25) is 0 Å². The Labute approximate surface area is 667 Å². The Balaban J connectivity index is 0.000000122. The Morgan fingerprint density at radius 1 is 0.257 bits per heavy atom. The zero-order valence-electron chi connectivity index (χ0n) is 63.4. The van der Waals surface area contributed by atoms with Crippen LogP contribution in [0.25, 0.3) is 133 Å². The quantitative estimate of drug-likeness (QED) is 0.127. The Morgan fingerprint density at radius 3 is 1.12 bits per heavy atom. The topological polar surface area (TPSA) is 23.0 Å². The standard InChI is InChI=1S/C53H39N3.C28H24.C26H17BrN2/c1-53(2)48-21-13-12-20-44(48)45-28-26-43(34-49(45)53)55(41-24-22-37(23-25-41)36-14-6-3-7-15-36)42-27-29-50-46(33-42)47-35-51-38(30-31-54(51)39-16-8-4-9-17-39)32-52(47)56(50)40-18-10-5-11-19-40;1-28(2)26-11-7-6-10-24(26)25-17-14-21(19-27(25)28)18-20-12-15-23(16-13-20)22-8-4-3-5-9-22;27-19-11-12-24-22(16-19)23-17-25-18(13-14-28(25)20-7-3-1-4-8-20)15-26(23)29(24)21-9-5-2-6-10-21/h3-35H,1-2H3;3-17,19H,18H2,1-2H3;1-17H. The van der Waals surface area contributed by atoms with Gasteiger partial charge in [0.15, 0.2) is 0 Å². The molecule has 113 heavy (non-hydrogen) atoms. The summed E-state index contributed by atoms with van der Waals surface area (Å²) in [6.45, 7) is 9.40. The average molecular weight is 1520 g/mol. The first kappa shape index (κ1) is 68.7. The average Bonchev–Trinajstić information content (AvgIpc) is 1.59. The van der Waals surface area contributed by atoms with Crippen molar-refractivity contribution in [2.45, 2.75) is 44.9 Å². The molecule has 0 unspecified atom stereocenters. The number of fused-ring (bicyclic) bond motifs is 14. The van der Waals surface area contributed by atoms with Gasteiger partial charge in [0, 0.05) is 99.8 Å². The Bertz CT molecular complexity index is 6970. The van der Waals surface area contributed by atoms with Gasteiger partial charge in [0.25, 0.3) is 0 Å². The summed E-state index contributed by atoms with van der Waals surface area (Å²) in [5.41, 5.74) is 34.0. The summed E-state index contributed by atoms with van der Waals surface area (Å²) in [4.78, 5) is 2.43. The van der Waals surface area contributed by atoms with E-state index in [9.17, 15) is 0 Å². The summed E-state index contributed by atoms with van der Waals surface area (Å²) in [7, 11) is 0. The molecule has 0 saturated carbocycles. The number of benzene rings is 16. The first-order chi connectivity index (χ1) is 55.4. The molecular weight excluding hydrogens is 1440 g/mol. The van der Waals surface area contributed by atoms with Crippen LogP contribution in [0.15, 0.2) is 405 Å². The first-order valence-corrected chi connectivity index (χ1v) is 39.9. The molecule has 4 heterocycles. The Hall–Kier alpha value is -13.5. The van der Waals surface area contributed by atoms with E-state index in [0.29, 0.717) is 0 Å². The molecule has 16 aromatic carbocycles.